The maximum atomic E-state index is 5.79. The van der Waals surface area contributed by atoms with Gasteiger partial charge in [0.25, 0.3) is 0 Å². The fourth-order valence-electron chi connectivity index (χ4n) is 4.03. The summed E-state index contributed by atoms with van der Waals surface area (Å²) in [5, 5.41) is 3.57. The Hall–Kier alpha value is -1.58. The van der Waals surface area contributed by atoms with E-state index in [4.69, 9.17) is 4.42 Å². The maximum absolute atomic E-state index is 5.79. The molecule has 3 heterocycles. The van der Waals surface area contributed by atoms with E-state index >= 15 is 0 Å². The van der Waals surface area contributed by atoms with Crippen LogP contribution in [0.5, 0.6) is 0 Å². The first-order valence-electron chi connectivity index (χ1n) is 7.98. The molecule has 110 valence electrons. The Bertz CT molecular complexity index is 566. The molecule has 0 amide bonds. The third-order valence-corrected chi connectivity index (χ3v) is 4.98. The summed E-state index contributed by atoms with van der Waals surface area (Å²) in [4.78, 5) is 2.66. The average molecular weight is 282 g/mol. The van der Waals surface area contributed by atoms with Crippen LogP contribution in [-0.2, 0) is 0 Å². The Morgan fingerprint density at radius 1 is 1.10 bits per heavy atom. The second-order valence-electron chi connectivity index (χ2n) is 6.19. The van der Waals surface area contributed by atoms with E-state index in [9.17, 15) is 0 Å². The van der Waals surface area contributed by atoms with Crippen molar-refractivity contribution >= 4 is 0 Å². The van der Waals surface area contributed by atoms with Gasteiger partial charge < -0.3 is 9.73 Å². The number of rotatable bonds is 3. The topological polar surface area (TPSA) is 28.4 Å². The number of nitrogens with one attached hydrogen (secondary N) is 1. The van der Waals surface area contributed by atoms with Gasteiger partial charge in [-0.2, -0.15) is 0 Å². The molecule has 3 heteroatoms. The van der Waals surface area contributed by atoms with Crippen molar-refractivity contribution in [3.05, 3.63) is 60.1 Å². The van der Waals surface area contributed by atoms with Crippen LogP contribution in [-0.4, -0.2) is 30.6 Å². The van der Waals surface area contributed by atoms with Crippen molar-refractivity contribution in [2.24, 2.45) is 5.92 Å². The number of likely N-dealkylation sites (tertiary alicyclic amines) is 1. The van der Waals surface area contributed by atoms with Gasteiger partial charge >= 0.3 is 0 Å². The molecule has 2 aliphatic heterocycles. The van der Waals surface area contributed by atoms with Crippen LogP contribution in [0.1, 0.15) is 30.2 Å². The van der Waals surface area contributed by atoms with Gasteiger partial charge in [0, 0.05) is 12.6 Å². The zero-order chi connectivity index (χ0) is 14.1. The minimum absolute atomic E-state index is 0.244. The zero-order valence-corrected chi connectivity index (χ0v) is 12.2. The lowest BCUT2D eigenvalue weighted by Crippen LogP contribution is -2.47. The second-order valence-corrected chi connectivity index (χ2v) is 6.19. The van der Waals surface area contributed by atoms with E-state index in [2.05, 4.69) is 46.6 Å². The lowest BCUT2D eigenvalue weighted by Gasteiger charge is -2.41. The Labute approximate surface area is 126 Å². The minimum Gasteiger partial charge on any atom is -0.467 e. The molecule has 0 spiro atoms. The van der Waals surface area contributed by atoms with E-state index in [-0.39, 0.29) is 6.04 Å². The van der Waals surface area contributed by atoms with Crippen molar-refractivity contribution < 1.29 is 4.42 Å². The van der Waals surface area contributed by atoms with E-state index in [0.717, 1.165) is 24.8 Å². The molecule has 3 atom stereocenters. The van der Waals surface area contributed by atoms with Gasteiger partial charge in [-0.05, 0) is 49.5 Å². The van der Waals surface area contributed by atoms with Gasteiger partial charge in [-0.1, -0.05) is 30.3 Å². The van der Waals surface area contributed by atoms with Gasteiger partial charge in [-0.15, -0.1) is 0 Å². The molecule has 4 rings (SSSR count). The van der Waals surface area contributed by atoms with Crippen LogP contribution in [0, 0.1) is 5.92 Å². The molecular formula is C18H22N2O. The van der Waals surface area contributed by atoms with Crippen LogP contribution >= 0.6 is 0 Å². The summed E-state index contributed by atoms with van der Waals surface area (Å²) in [5.41, 5.74) is 1.33. The van der Waals surface area contributed by atoms with Crippen molar-refractivity contribution in [3.63, 3.8) is 0 Å². The highest BCUT2D eigenvalue weighted by Crippen LogP contribution is 2.37. The molecule has 0 radical (unpaired) electrons. The van der Waals surface area contributed by atoms with Gasteiger partial charge in [0.05, 0.1) is 12.3 Å². The van der Waals surface area contributed by atoms with Gasteiger partial charge in [-0.25, -0.2) is 0 Å². The molecule has 0 aliphatic carbocycles. The smallest absolute Gasteiger partial charge is 0.125 e. The fourth-order valence-corrected chi connectivity index (χ4v) is 4.03. The summed E-state index contributed by atoms with van der Waals surface area (Å²) in [7, 11) is 0. The van der Waals surface area contributed by atoms with E-state index in [1.165, 1.54) is 24.9 Å². The predicted molar refractivity (Wildman–Crippen MR) is 83.1 cm³/mol. The zero-order valence-electron chi connectivity index (χ0n) is 12.2. The lowest BCUT2D eigenvalue weighted by atomic mass is 9.88. The molecule has 3 unspecified atom stereocenters. The van der Waals surface area contributed by atoms with E-state index in [1.807, 2.05) is 6.07 Å². The number of nitrogens with zero attached hydrogens (tertiary/aromatic N) is 1. The van der Waals surface area contributed by atoms with E-state index < -0.39 is 0 Å². The number of furan rings is 1. The number of hydrogen-bond donors (Lipinski definition) is 1. The molecule has 3 nitrogen and oxygen atoms in total. The standard InChI is InChI=1S/C18H22N2O/c1-2-6-14(7-3-1)18(17-9-5-11-21-17)20-10-4-8-15-12-19-13-16(15)20/h1-3,5-7,9,11,15-16,18-19H,4,8,10,12-13H2. The Morgan fingerprint density at radius 3 is 2.81 bits per heavy atom. The highest BCUT2D eigenvalue weighted by atomic mass is 16.3. The molecular weight excluding hydrogens is 260 g/mol. The quantitative estimate of drug-likeness (QED) is 0.938. The van der Waals surface area contributed by atoms with Crippen LogP contribution in [0.15, 0.2) is 53.1 Å². The summed E-state index contributed by atoms with van der Waals surface area (Å²) in [5.74, 6) is 1.86. The van der Waals surface area contributed by atoms with Gasteiger partial charge in [0.1, 0.15) is 5.76 Å². The largest absolute Gasteiger partial charge is 0.467 e. The Balaban J connectivity index is 1.72. The summed E-state index contributed by atoms with van der Waals surface area (Å²) in [6, 6.07) is 15.8. The van der Waals surface area contributed by atoms with Crippen LogP contribution in [0.2, 0.25) is 0 Å². The first-order chi connectivity index (χ1) is 10.4. The molecule has 1 aromatic heterocycles. The third-order valence-electron chi connectivity index (χ3n) is 4.98. The molecule has 1 aromatic carbocycles. The van der Waals surface area contributed by atoms with Crippen LogP contribution in [0.25, 0.3) is 0 Å². The van der Waals surface area contributed by atoms with Gasteiger partial charge in [-0.3, -0.25) is 4.90 Å². The normalized spacial score (nSPS) is 27.4. The van der Waals surface area contributed by atoms with Crippen molar-refractivity contribution in [1.82, 2.24) is 10.2 Å². The molecule has 21 heavy (non-hydrogen) atoms. The molecule has 1 N–H and O–H groups in total. The number of benzene rings is 1. The number of fused-ring (bicyclic) bond motifs is 1. The molecule has 2 fully saturated rings. The van der Waals surface area contributed by atoms with Crippen molar-refractivity contribution in [3.8, 4) is 0 Å². The van der Waals surface area contributed by atoms with Crippen molar-refractivity contribution in [1.29, 1.82) is 0 Å². The highest BCUT2D eigenvalue weighted by molar-refractivity contribution is 5.27. The first-order valence-corrected chi connectivity index (χ1v) is 7.98. The van der Waals surface area contributed by atoms with Crippen LogP contribution < -0.4 is 5.32 Å². The predicted octanol–water partition coefficient (Wildman–Crippen LogP) is 3.05. The van der Waals surface area contributed by atoms with E-state index in [0.29, 0.717) is 6.04 Å². The maximum Gasteiger partial charge on any atom is 0.125 e. The number of piperidine rings is 1. The average Bonchev–Trinajstić information content (AvgIpc) is 3.20. The molecule has 0 saturated carbocycles. The summed E-state index contributed by atoms with van der Waals surface area (Å²) in [6.07, 6.45) is 4.43. The Kier molecular flexibility index (Phi) is 3.53. The van der Waals surface area contributed by atoms with Crippen molar-refractivity contribution in [2.75, 3.05) is 19.6 Å². The third kappa shape index (κ3) is 2.41. The molecule has 0 bridgehead atoms. The minimum atomic E-state index is 0.244. The second kappa shape index (κ2) is 5.66. The Morgan fingerprint density at radius 2 is 2.00 bits per heavy atom. The molecule has 2 saturated heterocycles. The SMILES string of the molecule is c1ccc(C(c2ccco2)N2CCCC3CNCC32)cc1. The summed E-state index contributed by atoms with van der Waals surface area (Å²) >= 11 is 0. The van der Waals surface area contributed by atoms with Crippen LogP contribution in [0.3, 0.4) is 0 Å². The molecule has 2 aliphatic rings. The van der Waals surface area contributed by atoms with E-state index in [1.54, 1.807) is 6.26 Å². The summed E-state index contributed by atoms with van der Waals surface area (Å²) in [6.45, 7) is 3.43. The fraction of sp³-hybridized carbons (Fsp3) is 0.444. The highest BCUT2D eigenvalue weighted by Gasteiger charge is 2.39. The number of hydrogen-bond acceptors (Lipinski definition) is 3. The van der Waals surface area contributed by atoms with Crippen molar-refractivity contribution in [2.45, 2.75) is 24.9 Å². The lowest BCUT2D eigenvalue weighted by molar-refractivity contribution is 0.0839. The van der Waals surface area contributed by atoms with Crippen LogP contribution in [0.4, 0.5) is 0 Å². The first kappa shape index (κ1) is 13.1. The summed E-state index contributed by atoms with van der Waals surface area (Å²) < 4.78 is 5.79. The van der Waals surface area contributed by atoms with Gasteiger partial charge in [0.15, 0.2) is 0 Å². The van der Waals surface area contributed by atoms with Gasteiger partial charge in [0.2, 0.25) is 0 Å². The molecule has 2 aromatic rings. The monoisotopic (exact) mass is 282 g/mol.